The molecular formula is C16H14BrCl2NO4S. The molecule has 1 atom stereocenters. The molecule has 2 aromatic rings. The topological polar surface area (TPSA) is 83.5 Å². The van der Waals surface area contributed by atoms with Crippen LogP contribution in [0.5, 0.6) is 0 Å². The van der Waals surface area contributed by atoms with Gasteiger partial charge in [-0.1, -0.05) is 39.1 Å². The van der Waals surface area contributed by atoms with Gasteiger partial charge < -0.3 is 10.4 Å². The van der Waals surface area contributed by atoms with Gasteiger partial charge in [-0.3, -0.25) is 4.79 Å². The molecule has 2 aromatic carbocycles. The van der Waals surface area contributed by atoms with Gasteiger partial charge in [-0.15, -0.1) is 0 Å². The normalized spacial score (nSPS) is 14.0. The van der Waals surface area contributed by atoms with E-state index in [0.29, 0.717) is 9.50 Å². The van der Waals surface area contributed by atoms with E-state index in [1.807, 2.05) is 0 Å². The van der Waals surface area contributed by atoms with Gasteiger partial charge in [-0.2, -0.15) is 0 Å². The zero-order valence-electron chi connectivity index (χ0n) is 13.0. The SMILES string of the molecule is C[C@](O)(CS(=O)(=O)c1ccc(Br)cc1)C(=O)Nc1ccc(Cl)cc1Cl. The van der Waals surface area contributed by atoms with Gasteiger partial charge in [-0.25, -0.2) is 8.42 Å². The van der Waals surface area contributed by atoms with Crippen LogP contribution in [0.25, 0.3) is 0 Å². The number of halogens is 3. The Morgan fingerprint density at radius 1 is 1.20 bits per heavy atom. The van der Waals surface area contributed by atoms with Crippen LogP contribution in [-0.4, -0.2) is 30.8 Å². The summed E-state index contributed by atoms with van der Waals surface area (Å²) in [6.07, 6.45) is 0. The number of hydrogen-bond acceptors (Lipinski definition) is 4. The Kier molecular flexibility index (Phi) is 6.17. The molecule has 0 spiro atoms. The Morgan fingerprint density at radius 2 is 1.80 bits per heavy atom. The minimum Gasteiger partial charge on any atom is -0.379 e. The maximum absolute atomic E-state index is 12.4. The molecule has 9 heteroatoms. The van der Waals surface area contributed by atoms with Crippen molar-refractivity contribution in [2.24, 2.45) is 0 Å². The number of amides is 1. The molecule has 0 unspecified atom stereocenters. The van der Waals surface area contributed by atoms with Gasteiger partial charge in [0.2, 0.25) is 0 Å². The molecule has 0 aromatic heterocycles. The number of sulfone groups is 1. The number of rotatable bonds is 5. The standard InChI is InChI=1S/C16H14BrCl2NO4S/c1-16(22,9-25(23,24)12-5-2-10(17)3-6-12)15(21)20-14-7-4-11(18)8-13(14)19/h2-8,22H,9H2,1H3,(H,20,21)/t16-/m0/s1. The molecule has 0 aliphatic carbocycles. The fourth-order valence-electron chi connectivity index (χ4n) is 2.01. The largest absolute Gasteiger partial charge is 0.379 e. The molecule has 0 fully saturated rings. The van der Waals surface area contributed by atoms with Gasteiger partial charge in [0.25, 0.3) is 5.91 Å². The minimum absolute atomic E-state index is 0.00769. The fraction of sp³-hybridized carbons (Fsp3) is 0.188. The van der Waals surface area contributed by atoms with Gasteiger partial charge in [-0.05, 0) is 49.4 Å². The summed E-state index contributed by atoms with van der Waals surface area (Å²) in [5.74, 6) is -1.67. The van der Waals surface area contributed by atoms with Gasteiger partial charge in [0.1, 0.15) is 0 Å². The van der Waals surface area contributed by atoms with Crippen LogP contribution in [0, 0.1) is 0 Å². The highest BCUT2D eigenvalue weighted by Gasteiger charge is 2.37. The molecule has 0 radical (unpaired) electrons. The third-order valence-electron chi connectivity index (χ3n) is 3.31. The van der Waals surface area contributed by atoms with Crippen LogP contribution >= 0.6 is 39.1 Å². The van der Waals surface area contributed by atoms with Gasteiger partial charge in [0.15, 0.2) is 15.4 Å². The number of carbonyl (C=O) groups excluding carboxylic acids is 1. The average molecular weight is 467 g/mol. The molecule has 0 saturated carbocycles. The van der Waals surface area contributed by atoms with E-state index >= 15 is 0 Å². The molecule has 134 valence electrons. The first-order valence-electron chi connectivity index (χ1n) is 6.98. The van der Waals surface area contributed by atoms with Crippen molar-refractivity contribution in [3.05, 3.63) is 57.0 Å². The highest BCUT2D eigenvalue weighted by atomic mass is 79.9. The van der Waals surface area contributed by atoms with Crippen molar-refractivity contribution in [3.63, 3.8) is 0 Å². The third kappa shape index (κ3) is 5.18. The summed E-state index contributed by atoms with van der Waals surface area (Å²) >= 11 is 15.0. The Labute approximate surface area is 164 Å². The van der Waals surface area contributed by atoms with Crippen LogP contribution in [0.2, 0.25) is 10.0 Å². The highest BCUT2D eigenvalue weighted by molar-refractivity contribution is 9.10. The van der Waals surface area contributed by atoms with Crippen LogP contribution in [0.4, 0.5) is 5.69 Å². The molecule has 25 heavy (non-hydrogen) atoms. The molecule has 1 amide bonds. The third-order valence-corrected chi connectivity index (χ3v) is 6.32. The maximum Gasteiger partial charge on any atom is 0.257 e. The summed E-state index contributed by atoms with van der Waals surface area (Å²) in [6.45, 7) is 1.13. The van der Waals surface area contributed by atoms with Crippen molar-refractivity contribution < 1.29 is 18.3 Å². The lowest BCUT2D eigenvalue weighted by molar-refractivity contribution is -0.130. The van der Waals surface area contributed by atoms with E-state index in [9.17, 15) is 18.3 Å². The zero-order chi connectivity index (χ0) is 18.8. The summed E-state index contributed by atoms with van der Waals surface area (Å²) in [7, 11) is -3.87. The number of carbonyl (C=O) groups is 1. The summed E-state index contributed by atoms with van der Waals surface area (Å²) < 4.78 is 25.6. The highest BCUT2D eigenvalue weighted by Crippen LogP contribution is 2.27. The fourth-order valence-corrected chi connectivity index (χ4v) is 4.32. The molecule has 0 aliphatic heterocycles. The lowest BCUT2D eigenvalue weighted by atomic mass is 10.1. The van der Waals surface area contributed by atoms with E-state index in [1.54, 1.807) is 12.1 Å². The Bertz CT molecular complexity index is 899. The molecule has 0 saturated heterocycles. The van der Waals surface area contributed by atoms with Crippen molar-refractivity contribution in [1.29, 1.82) is 0 Å². The Hall–Kier alpha value is -1.12. The summed E-state index contributed by atoms with van der Waals surface area (Å²) in [6, 6.07) is 10.3. The first-order valence-corrected chi connectivity index (χ1v) is 10.2. The molecule has 5 nitrogen and oxygen atoms in total. The van der Waals surface area contributed by atoms with Crippen LogP contribution in [0.15, 0.2) is 51.8 Å². The van der Waals surface area contributed by atoms with Crippen molar-refractivity contribution in [3.8, 4) is 0 Å². The number of hydrogen-bond donors (Lipinski definition) is 2. The molecule has 0 bridgehead atoms. The van der Waals surface area contributed by atoms with E-state index in [-0.39, 0.29) is 15.6 Å². The van der Waals surface area contributed by atoms with Gasteiger partial charge in [0, 0.05) is 9.50 Å². The van der Waals surface area contributed by atoms with Crippen molar-refractivity contribution in [2.75, 3.05) is 11.1 Å². The van der Waals surface area contributed by atoms with Crippen LogP contribution < -0.4 is 5.32 Å². The second-order valence-electron chi connectivity index (χ2n) is 5.57. The van der Waals surface area contributed by atoms with E-state index < -0.39 is 27.1 Å². The maximum atomic E-state index is 12.4. The molecule has 2 rings (SSSR count). The lowest BCUT2D eigenvalue weighted by Gasteiger charge is -2.22. The second kappa shape index (κ2) is 7.63. The van der Waals surface area contributed by atoms with E-state index in [2.05, 4.69) is 21.2 Å². The summed E-state index contributed by atoms with van der Waals surface area (Å²) in [4.78, 5) is 12.3. The number of nitrogens with one attached hydrogen (secondary N) is 1. The number of aliphatic hydroxyl groups is 1. The smallest absolute Gasteiger partial charge is 0.257 e. The van der Waals surface area contributed by atoms with E-state index in [1.165, 1.54) is 30.3 Å². The van der Waals surface area contributed by atoms with Crippen molar-refractivity contribution in [2.45, 2.75) is 17.4 Å². The minimum atomic E-state index is -3.87. The Morgan fingerprint density at radius 3 is 2.36 bits per heavy atom. The van der Waals surface area contributed by atoms with Crippen molar-refractivity contribution >= 4 is 60.6 Å². The lowest BCUT2D eigenvalue weighted by Crippen LogP contribution is -2.45. The van der Waals surface area contributed by atoms with Gasteiger partial charge in [0.05, 0.1) is 21.4 Å². The summed E-state index contributed by atoms with van der Waals surface area (Å²) in [5, 5.41) is 13.3. The number of anilines is 1. The monoisotopic (exact) mass is 465 g/mol. The van der Waals surface area contributed by atoms with Crippen LogP contribution in [0.1, 0.15) is 6.92 Å². The predicted molar refractivity (Wildman–Crippen MR) is 102 cm³/mol. The molecule has 0 heterocycles. The van der Waals surface area contributed by atoms with Crippen LogP contribution in [-0.2, 0) is 14.6 Å². The molecule has 0 aliphatic rings. The molecular weight excluding hydrogens is 453 g/mol. The van der Waals surface area contributed by atoms with Crippen molar-refractivity contribution in [1.82, 2.24) is 0 Å². The first kappa shape index (κ1) is 20.2. The second-order valence-corrected chi connectivity index (χ2v) is 9.31. The van der Waals surface area contributed by atoms with Gasteiger partial charge >= 0.3 is 0 Å². The van der Waals surface area contributed by atoms with E-state index in [0.717, 1.165) is 6.92 Å². The molecule has 2 N–H and O–H groups in total. The van der Waals surface area contributed by atoms with Crippen LogP contribution in [0.3, 0.4) is 0 Å². The van der Waals surface area contributed by atoms with E-state index in [4.69, 9.17) is 23.2 Å². The Balaban J connectivity index is 2.19. The number of benzene rings is 2. The quantitative estimate of drug-likeness (QED) is 0.699. The zero-order valence-corrected chi connectivity index (χ0v) is 16.9. The predicted octanol–water partition coefficient (Wildman–Crippen LogP) is 3.92. The summed E-state index contributed by atoms with van der Waals surface area (Å²) in [5.41, 5.74) is -1.94. The first-order chi connectivity index (χ1) is 11.5. The average Bonchev–Trinajstić information content (AvgIpc) is 2.49.